The lowest BCUT2D eigenvalue weighted by atomic mass is 10.3. The third kappa shape index (κ3) is 3.85. The summed E-state index contributed by atoms with van der Waals surface area (Å²) in [7, 11) is 0. The van der Waals surface area contributed by atoms with Crippen molar-refractivity contribution >= 4 is 12.0 Å². The Hall–Kier alpha value is -1.77. The molecule has 1 aromatic heterocycles. The Morgan fingerprint density at radius 1 is 1.60 bits per heavy atom. The predicted octanol–water partition coefficient (Wildman–Crippen LogP) is 2.16. The van der Waals surface area contributed by atoms with Crippen LogP contribution in [-0.2, 0) is 11.2 Å². The fourth-order valence-electron chi connectivity index (χ4n) is 1.06. The number of aryl methyl sites for hydroxylation is 1. The van der Waals surface area contributed by atoms with Gasteiger partial charge < -0.3 is 9.73 Å². The van der Waals surface area contributed by atoms with Crippen molar-refractivity contribution in [3.63, 3.8) is 0 Å². The molecule has 0 bridgehead atoms. The first-order valence-electron chi connectivity index (χ1n) is 4.91. The summed E-state index contributed by atoms with van der Waals surface area (Å²) in [6.07, 6.45) is 5.59. The molecule has 0 fully saturated rings. The minimum absolute atomic E-state index is 0.149. The van der Waals surface area contributed by atoms with Crippen LogP contribution in [0.5, 0.6) is 0 Å². The fourth-order valence-corrected chi connectivity index (χ4v) is 1.06. The summed E-state index contributed by atoms with van der Waals surface area (Å²) >= 11 is 0. The smallest absolute Gasteiger partial charge is 0.244 e. The lowest BCUT2D eigenvalue weighted by molar-refractivity contribution is -0.116. The average Bonchev–Trinajstić information content (AvgIpc) is 2.71. The van der Waals surface area contributed by atoms with Crippen molar-refractivity contribution in [1.29, 1.82) is 0 Å². The molecule has 0 aromatic carbocycles. The van der Waals surface area contributed by atoms with E-state index in [-0.39, 0.29) is 5.91 Å². The summed E-state index contributed by atoms with van der Waals surface area (Å²) in [5.74, 6) is 1.46. The van der Waals surface area contributed by atoms with Crippen molar-refractivity contribution in [1.82, 2.24) is 5.32 Å². The molecule has 1 aromatic rings. The number of hydrogen-bond donors (Lipinski definition) is 1. The normalized spacial score (nSPS) is 10.5. The van der Waals surface area contributed by atoms with Gasteiger partial charge in [0.15, 0.2) is 0 Å². The lowest BCUT2D eigenvalue weighted by Crippen LogP contribution is -2.20. The van der Waals surface area contributed by atoms with Crippen molar-refractivity contribution in [3.8, 4) is 0 Å². The van der Waals surface area contributed by atoms with E-state index in [1.54, 1.807) is 12.2 Å². The van der Waals surface area contributed by atoms with E-state index in [0.717, 1.165) is 12.2 Å². The highest BCUT2D eigenvalue weighted by molar-refractivity contribution is 5.91. The number of furan rings is 1. The fraction of sp³-hybridized carbons (Fsp3) is 0.250. The van der Waals surface area contributed by atoms with Crippen LogP contribution >= 0.6 is 0 Å². The molecule has 1 amide bonds. The first-order chi connectivity index (χ1) is 7.26. The Labute approximate surface area is 89.5 Å². The van der Waals surface area contributed by atoms with Crippen LogP contribution in [0.15, 0.2) is 35.3 Å². The van der Waals surface area contributed by atoms with Crippen molar-refractivity contribution in [3.05, 3.63) is 42.4 Å². The minimum atomic E-state index is -0.149. The molecule has 15 heavy (non-hydrogen) atoms. The van der Waals surface area contributed by atoms with E-state index in [2.05, 4.69) is 11.9 Å². The zero-order valence-electron chi connectivity index (χ0n) is 8.82. The lowest BCUT2D eigenvalue weighted by Gasteiger charge is -1.94. The molecule has 0 atom stereocenters. The van der Waals surface area contributed by atoms with Gasteiger partial charge in [-0.2, -0.15) is 0 Å². The van der Waals surface area contributed by atoms with Crippen LogP contribution in [0.2, 0.25) is 0 Å². The molecule has 0 saturated heterocycles. The highest BCUT2D eigenvalue weighted by Gasteiger charge is 1.97. The average molecular weight is 205 g/mol. The number of nitrogens with one attached hydrogen (secondary N) is 1. The van der Waals surface area contributed by atoms with Gasteiger partial charge in [-0.05, 0) is 18.2 Å². The van der Waals surface area contributed by atoms with Crippen LogP contribution in [-0.4, -0.2) is 12.5 Å². The molecule has 0 radical (unpaired) electrons. The predicted molar refractivity (Wildman–Crippen MR) is 60.3 cm³/mol. The van der Waals surface area contributed by atoms with E-state index in [9.17, 15) is 4.79 Å². The van der Waals surface area contributed by atoms with Gasteiger partial charge in [-0.25, -0.2) is 0 Å². The molecule has 0 aliphatic heterocycles. The number of hydrogen-bond acceptors (Lipinski definition) is 2. The van der Waals surface area contributed by atoms with Gasteiger partial charge in [-0.3, -0.25) is 4.79 Å². The van der Waals surface area contributed by atoms with Crippen molar-refractivity contribution in [2.45, 2.75) is 13.3 Å². The standard InChI is InChI=1S/C12H15NO2/c1-3-9-13-12(14)8-7-11-6-5-10(4-2)15-11/h3,5-8H,1,4,9H2,2H3,(H,13,14)/b8-7+. The molecule has 1 N–H and O–H groups in total. The second kappa shape index (κ2) is 5.86. The quantitative estimate of drug-likeness (QED) is 0.591. The van der Waals surface area contributed by atoms with E-state index in [1.165, 1.54) is 6.08 Å². The molecule has 0 aliphatic rings. The summed E-state index contributed by atoms with van der Waals surface area (Å²) in [6.45, 7) is 6.00. The van der Waals surface area contributed by atoms with Crippen LogP contribution in [0.25, 0.3) is 6.08 Å². The maximum atomic E-state index is 11.2. The molecular weight excluding hydrogens is 190 g/mol. The van der Waals surface area contributed by atoms with E-state index < -0.39 is 0 Å². The molecule has 0 unspecified atom stereocenters. The Bertz CT molecular complexity index is 363. The van der Waals surface area contributed by atoms with Crippen molar-refractivity contribution in [2.24, 2.45) is 0 Å². The summed E-state index contributed by atoms with van der Waals surface area (Å²) in [5, 5.41) is 2.64. The van der Waals surface area contributed by atoms with E-state index in [4.69, 9.17) is 4.42 Å². The summed E-state index contributed by atoms with van der Waals surface area (Å²) in [6, 6.07) is 3.75. The second-order valence-electron chi connectivity index (χ2n) is 3.02. The third-order valence-corrected chi connectivity index (χ3v) is 1.85. The highest BCUT2D eigenvalue weighted by Crippen LogP contribution is 2.09. The molecule has 3 heteroatoms. The van der Waals surface area contributed by atoms with Gasteiger partial charge in [-0.15, -0.1) is 6.58 Å². The van der Waals surface area contributed by atoms with Crippen LogP contribution < -0.4 is 5.32 Å². The Balaban J connectivity index is 2.49. The van der Waals surface area contributed by atoms with Gasteiger partial charge in [0.1, 0.15) is 11.5 Å². The zero-order chi connectivity index (χ0) is 11.1. The van der Waals surface area contributed by atoms with Crippen LogP contribution in [0, 0.1) is 0 Å². The van der Waals surface area contributed by atoms with E-state index in [1.807, 2.05) is 19.1 Å². The van der Waals surface area contributed by atoms with E-state index in [0.29, 0.717) is 12.3 Å². The van der Waals surface area contributed by atoms with Gasteiger partial charge in [0.2, 0.25) is 5.91 Å². The van der Waals surface area contributed by atoms with Crippen molar-refractivity contribution < 1.29 is 9.21 Å². The molecular formula is C12H15NO2. The first kappa shape index (κ1) is 11.3. The number of carbonyl (C=O) groups is 1. The molecule has 0 aliphatic carbocycles. The van der Waals surface area contributed by atoms with Crippen molar-refractivity contribution in [2.75, 3.05) is 6.54 Å². The molecule has 1 rings (SSSR count). The van der Waals surface area contributed by atoms with Crippen LogP contribution in [0.3, 0.4) is 0 Å². The second-order valence-corrected chi connectivity index (χ2v) is 3.02. The topological polar surface area (TPSA) is 42.2 Å². The summed E-state index contributed by atoms with van der Waals surface area (Å²) in [4.78, 5) is 11.2. The number of rotatable bonds is 5. The van der Waals surface area contributed by atoms with Gasteiger partial charge in [0.05, 0.1) is 0 Å². The SMILES string of the molecule is C=CCNC(=O)/C=C/c1ccc(CC)o1. The molecule has 3 nitrogen and oxygen atoms in total. The van der Waals surface area contributed by atoms with Crippen LogP contribution in [0.1, 0.15) is 18.4 Å². The van der Waals surface area contributed by atoms with Gasteiger partial charge in [0.25, 0.3) is 0 Å². The highest BCUT2D eigenvalue weighted by atomic mass is 16.3. The molecule has 80 valence electrons. The Morgan fingerprint density at radius 3 is 3.00 bits per heavy atom. The molecule has 0 spiro atoms. The third-order valence-electron chi connectivity index (χ3n) is 1.85. The number of amides is 1. The van der Waals surface area contributed by atoms with Crippen LogP contribution in [0.4, 0.5) is 0 Å². The Morgan fingerprint density at radius 2 is 2.40 bits per heavy atom. The first-order valence-corrected chi connectivity index (χ1v) is 4.91. The summed E-state index contributed by atoms with van der Waals surface area (Å²) in [5.41, 5.74) is 0. The molecule has 1 heterocycles. The largest absolute Gasteiger partial charge is 0.462 e. The maximum Gasteiger partial charge on any atom is 0.244 e. The van der Waals surface area contributed by atoms with Gasteiger partial charge >= 0.3 is 0 Å². The van der Waals surface area contributed by atoms with E-state index >= 15 is 0 Å². The van der Waals surface area contributed by atoms with Gasteiger partial charge in [-0.1, -0.05) is 13.0 Å². The Kier molecular flexibility index (Phi) is 4.41. The molecule has 0 saturated carbocycles. The number of carbonyl (C=O) groups excluding carboxylic acids is 1. The maximum absolute atomic E-state index is 11.2. The zero-order valence-corrected chi connectivity index (χ0v) is 8.82. The monoisotopic (exact) mass is 205 g/mol. The van der Waals surface area contributed by atoms with Gasteiger partial charge in [0, 0.05) is 19.0 Å². The minimum Gasteiger partial charge on any atom is -0.462 e. The summed E-state index contributed by atoms with van der Waals surface area (Å²) < 4.78 is 5.40.